The maximum Gasteiger partial charge on any atom is 0.260 e. The van der Waals surface area contributed by atoms with Gasteiger partial charge in [-0.15, -0.1) is 10.2 Å². The summed E-state index contributed by atoms with van der Waals surface area (Å²) in [7, 11) is 0. The first kappa shape index (κ1) is 19.9. The molecular weight excluding hydrogens is 366 g/mol. The van der Waals surface area contributed by atoms with Crippen molar-refractivity contribution in [2.75, 3.05) is 26.2 Å². The Kier molecular flexibility index (Phi) is 5.58. The Labute approximate surface area is 172 Å². The normalized spacial score (nSPS) is 17.8. The number of para-hydroxylation sites is 1. The van der Waals surface area contributed by atoms with Gasteiger partial charge in [-0.25, -0.2) is 0 Å². The number of carbonyl (C=O) groups excluding carboxylic acids is 1. The van der Waals surface area contributed by atoms with Crippen LogP contribution in [0, 0.1) is 0 Å². The van der Waals surface area contributed by atoms with E-state index in [1.807, 2.05) is 23.1 Å². The van der Waals surface area contributed by atoms with E-state index in [4.69, 9.17) is 4.74 Å². The summed E-state index contributed by atoms with van der Waals surface area (Å²) < 4.78 is 8.18. The molecule has 1 aromatic heterocycles. The molecular formula is C22H31N5O2. The van der Waals surface area contributed by atoms with E-state index in [1.54, 1.807) is 0 Å². The summed E-state index contributed by atoms with van der Waals surface area (Å²) in [5.74, 6) is 3.34. The van der Waals surface area contributed by atoms with Gasteiger partial charge < -0.3 is 19.5 Å². The van der Waals surface area contributed by atoms with Gasteiger partial charge >= 0.3 is 0 Å². The molecule has 7 nitrogen and oxygen atoms in total. The van der Waals surface area contributed by atoms with E-state index in [9.17, 15) is 4.79 Å². The van der Waals surface area contributed by atoms with Crippen LogP contribution in [0.5, 0.6) is 5.75 Å². The van der Waals surface area contributed by atoms with E-state index < -0.39 is 0 Å². The second-order valence-electron chi connectivity index (χ2n) is 8.99. The van der Waals surface area contributed by atoms with Crippen molar-refractivity contribution >= 4 is 5.91 Å². The highest BCUT2D eigenvalue weighted by molar-refractivity contribution is 5.78. The molecule has 2 aromatic rings. The summed E-state index contributed by atoms with van der Waals surface area (Å²) in [6.45, 7) is 10.7. The Morgan fingerprint density at radius 2 is 1.93 bits per heavy atom. The Morgan fingerprint density at radius 3 is 2.69 bits per heavy atom. The molecule has 0 unspecified atom stereocenters. The molecule has 2 aliphatic rings. The number of nitrogens with zero attached hydrogens (tertiary/aromatic N) is 4. The van der Waals surface area contributed by atoms with Crippen molar-refractivity contribution < 1.29 is 9.53 Å². The molecule has 0 bridgehead atoms. The van der Waals surface area contributed by atoms with Crippen molar-refractivity contribution in [1.82, 2.24) is 25.0 Å². The third kappa shape index (κ3) is 4.29. The molecule has 2 aliphatic heterocycles. The lowest BCUT2D eigenvalue weighted by atomic mass is 9.86. The largest absolute Gasteiger partial charge is 0.483 e. The molecule has 1 amide bonds. The summed E-state index contributed by atoms with van der Waals surface area (Å²) in [4.78, 5) is 14.6. The van der Waals surface area contributed by atoms with Gasteiger partial charge in [0.05, 0.1) is 6.54 Å². The molecule has 0 saturated carbocycles. The van der Waals surface area contributed by atoms with Crippen LogP contribution in [0.4, 0.5) is 0 Å². The number of nitrogens with one attached hydrogen (secondary N) is 1. The summed E-state index contributed by atoms with van der Waals surface area (Å²) >= 11 is 0. The molecule has 3 heterocycles. The van der Waals surface area contributed by atoms with Gasteiger partial charge in [-0.3, -0.25) is 4.79 Å². The van der Waals surface area contributed by atoms with E-state index in [-0.39, 0.29) is 17.9 Å². The average molecular weight is 398 g/mol. The highest BCUT2D eigenvalue weighted by atomic mass is 16.5. The Morgan fingerprint density at radius 1 is 1.17 bits per heavy atom. The minimum Gasteiger partial charge on any atom is -0.483 e. The number of hydrogen-bond acceptors (Lipinski definition) is 5. The van der Waals surface area contributed by atoms with Gasteiger partial charge in [0.25, 0.3) is 5.91 Å². The lowest BCUT2D eigenvalue weighted by Crippen LogP contribution is -2.41. The summed E-state index contributed by atoms with van der Waals surface area (Å²) in [5.41, 5.74) is 1.10. The van der Waals surface area contributed by atoms with E-state index in [2.05, 4.69) is 46.9 Å². The number of hydrogen-bond donors (Lipinski definition) is 1. The minimum absolute atomic E-state index is 0.0229. The zero-order chi connectivity index (χ0) is 20.4. The van der Waals surface area contributed by atoms with Crippen molar-refractivity contribution in [2.24, 2.45) is 0 Å². The van der Waals surface area contributed by atoms with E-state index in [1.165, 1.54) is 0 Å². The van der Waals surface area contributed by atoms with Crippen LogP contribution in [0.2, 0.25) is 0 Å². The molecule has 1 aromatic carbocycles. The number of aromatic nitrogens is 3. The standard InChI is InChI=1S/C22H31N5O2/c1-22(2,3)17-6-4-5-7-18(17)29-15-20(28)26-11-8-16(9-12-26)21-25-24-19-14-23-10-13-27(19)21/h4-7,16,23H,8-15H2,1-3H3. The number of fused-ring (bicyclic) bond motifs is 1. The van der Waals surface area contributed by atoms with Gasteiger partial charge in [-0.05, 0) is 29.9 Å². The maximum atomic E-state index is 12.7. The topological polar surface area (TPSA) is 72.3 Å². The van der Waals surface area contributed by atoms with Gasteiger partial charge in [0.2, 0.25) is 0 Å². The number of carbonyl (C=O) groups is 1. The quantitative estimate of drug-likeness (QED) is 0.858. The monoisotopic (exact) mass is 397 g/mol. The molecule has 156 valence electrons. The highest BCUT2D eigenvalue weighted by Crippen LogP contribution is 2.31. The molecule has 0 atom stereocenters. The fraction of sp³-hybridized carbons (Fsp3) is 0.591. The molecule has 1 fully saturated rings. The fourth-order valence-electron chi connectivity index (χ4n) is 4.25. The Hall–Kier alpha value is -2.41. The number of benzene rings is 1. The summed E-state index contributed by atoms with van der Waals surface area (Å²) in [5, 5.41) is 12.1. The Bertz CT molecular complexity index is 862. The average Bonchev–Trinajstić information content (AvgIpc) is 3.16. The first-order valence-electron chi connectivity index (χ1n) is 10.6. The van der Waals surface area contributed by atoms with Crippen LogP contribution in [-0.4, -0.2) is 51.8 Å². The minimum atomic E-state index is -0.0229. The predicted octanol–water partition coefficient (Wildman–Crippen LogP) is 2.46. The van der Waals surface area contributed by atoms with Crippen LogP contribution in [0.25, 0.3) is 0 Å². The number of likely N-dealkylation sites (tertiary alicyclic amines) is 1. The van der Waals surface area contributed by atoms with Gasteiger partial charge in [0.15, 0.2) is 6.61 Å². The molecule has 0 spiro atoms. The zero-order valence-electron chi connectivity index (χ0n) is 17.6. The van der Waals surface area contributed by atoms with Crippen LogP contribution in [0.3, 0.4) is 0 Å². The molecule has 1 saturated heterocycles. The second-order valence-corrected chi connectivity index (χ2v) is 8.99. The second kappa shape index (κ2) is 8.14. The smallest absolute Gasteiger partial charge is 0.260 e. The molecule has 4 rings (SSSR count). The van der Waals surface area contributed by atoms with E-state index >= 15 is 0 Å². The zero-order valence-corrected chi connectivity index (χ0v) is 17.6. The third-order valence-electron chi connectivity index (χ3n) is 5.91. The van der Waals surface area contributed by atoms with Crippen LogP contribution in [0.15, 0.2) is 24.3 Å². The van der Waals surface area contributed by atoms with Crippen molar-refractivity contribution in [2.45, 2.75) is 58.0 Å². The molecule has 7 heteroatoms. The van der Waals surface area contributed by atoms with Crippen LogP contribution < -0.4 is 10.1 Å². The molecule has 0 aliphatic carbocycles. The van der Waals surface area contributed by atoms with Gasteiger partial charge in [0, 0.05) is 32.1 Å². The van der Waals surface area contributed by atoms with Crippen LogP contribution >= 0.6 is 0 Å². The van der Waals surface area contributed by atoms with Gasteiger partial charge in [-0.2, -0.15) is 0 Å². The van der Waals surface area contributed by atoms with Gasteiger partial charge in [-0.1, -0.05) is 39.0 Å². The first-order valence-corrected chi connectivity index (χ1v) is 10.6. The molecule has 29 heavy (non-hydrogen) atoms. The lowest BCUT2D eigenvalue weighted by Gasteiger charge is -2.32. The van der Waals surface area contributed by atoms with Crippen LogP contribution in [0.1, 0.15) is 56.7 Å². The number of rotatable bonds is 4. The SMILES string of the molecule is CC(C)(C)c1ccccc1OCC(=O)N1CCC(c2nnc3n2CCNC3)CC1. The number of amides is 1. The van der Waals surface area contributed by atoms with Crippen molar-refractivity contribution in [3.05, 3.63) is 41.5 Å². The highest BCUT2D eigenvalue weighted by Gasteiger charge is 2.29. The number of ether oxygens (including phenoxy) is 1. The van der Waals surface area contributed by atoms with Crippen LogP contribution in [-0.2, 0) is 23.3 Å². The molecule has 1 N–H and O–H groups in total. The van der Waals surface area contributed by atoms with E-state index in [0.29, 0.717) is 5.92 Å². The fourth-order valence-corrected chi connectivity index (χ4v) is 4.25. The maximum absolute atomic E-state index is 12.7. The third-order valence-corrected chi connectivity index (χ3v) is 5.91. The van der Waals surface area contributed by atoms with Gasteiger partial charge in [0.1, 0.15) is 17.4 Å². The molecule has 0 radical (unpaired) electrons. The Balaban J connectivity index is 1.33. The van der Waals surface area contributed by atoms with Crippen molar-refractivity contribution in [1.29, 1.82) is 0 Å². The van der Waals surface area contributed by atoms with E-state index in [0.717, 1.165) is 68.5 Å². The number of piperidine rings is 1. The van der Waals surface area contributed by atoms with Crippen molar-refractivity contribution in [3.63, 3.8) is 0 Å². The lowest BCUT2D eigenvalue weighted by molar-refractivity contribution is -0.134. The first-order chi connectivity index (χ1) is 13.9. The predicted molar refractivity (Wildman–Crippen MR) is 111 cm³/mol. The van der Waals surface area contributed by atoms with Crippen molar-refractivity contribution in [3.8, 4) is 5.75 Å². The summed E-state index contributed by atoms with van der Waals surface area (Å²) in [6.07, 6.45) is 1.85. The summed E-state index contributed by atoms with van der Waals surface area (Å²) in [6, 6.07) is 7.98.